The summed E-state index contributed by atoms with van der Waals surface area (Å²) in [5.74, 6) is -1.19. The monoisotopic (exact) mass is 586 g/mol. The largest absolute Gasteiger partial charge is 0.451 e. The van der Waals surface area contributed by atoms with Crippen LogP contribution < -0.4 is 5.32 Å². The van der Waals surface area contributed by atoms with Gasteiger partial charge < -0.3 is 9.73 Å². The first-order chi connectivity index (χ1) is 19.7. The summed E-state index contributed by atoms with van der Waals surface area (Å²) in [7, 11) is 0. The van der Waals surface area contributed by atoms with Crippen molar-refractivity contribution in [1.29, 1.82) is 0 Å². The van der Waals surface area contributed by atoms with E-state index >= 15 is 0 Å². The number of terminal acetylenes is 1. The molecule has 5 rings (SSSR count). The van der Waals surface area contributed by atoms with Crippen LogP contribution in [0.2, 0.25) is 0 Å². The number of furan rings is 1. The van der Waals surface area contributed by atoms with E-state index in [9.17, 15) is 18.0 Å². The Hall–Kier alpha value is -3.95. The number of rotatable bonds is 6. The summed E-state index contributed by atoms with van der Waals surface area (Å²) in [6.45, 7) is 8.86. The number of carbonyl (C=O) groups excluding carboxylic acids is 1. The molecule has 0 radical (unpaired) electrons. The Balaban J connectivity index is 0.000000258. The number of amides is 1. The number of pyridine rings is 2. The lowest BCUT2D eigenvalue weighted by atomic mass is 10.1. The number of carbonyl (C=O) groups is 1. The number of hydrogen-bond acceptors (Lipinski definition) is 8. The molecule has 1 saturated heterocycles. The lowest BCUT2D eigenvalue weighted by molar-refractivity contribution is -0.145. The zero-order valence-electron chi connectivity index (χ0n) is 23.3. The van der Waals surface area contributed by atoms with Gasteiger partial charge in [0, 0.05) is 66.6 Å². The van der Waals surface area contributed by atoms with Crippen molar-refractivity contribution < 1.29 is 22.4 Å². The highest BCUT2D eigenvalue weighted by Crippen LogP contribution is 2.37. The van der Waals surface area contributed by atoms with E-state index in [0.717, 1.165) is 34.0 Å². The number of halogens is 3. The van der Waals surface area contributed by atoms with E-state index in [0.29, 0.717) is 36.3 Å². The Morgan fingerprint density at radius 3 is 2.29 bits per heavy atom. The Morgan fingerprint density at radius 2 is 1.71 bits per heavy atom. The molecule has 41 heavy (non-hydrogen) atoms. The second-order valence-electron chi connectivity index (χ2n) is 8.55. The quantitative estimate of drug-likeness (QED) is 0.150. The van der Waals surface area contributed by atoms with Crippen LogP contribution in [0.3, 0.4) is 0 Å². The zero-order chi connectivity index (χ0) is 30.4. The molecule has 0 aromatic carbocycles. The Kier molecular flexibility index (Phi) is 13.3. The lowest BCUT2D eigenvalue weighted by Crippen LogP contribution is -2.25. The number of hydrogen-bond donors (Lipinski definition) is 1. The number of alkyl halides is 3. The third-order valence-corrected chi connectivity index (χ3v) is 7.09. The highest BCUT2D eigenvalue weighted by Gasteiger charge is 2.34. The van der Waals surface area contributed by atoms with Crippen molar-refractivity contribution in [1.82, 2.24) is 29.6 Å². The van der Waals surface area contributed by atoms with Crippen molar-refractivity contribution in [3.05, 3.63) is 66.6 Å². The zero-order valence-corrected chi connectivity index (χ0v) is 24.1. The number of aromatic nitrogens is 4. The van der Waals surface area contributed by atoms with Crippen LogP contribution in [0.5, 0.6) is 0 Å². The van der Waals surface area contributed by atoms with Crippen molar-refractivity contribution in [3.63, 3.8) is 0 Å². The van der Waals surface area contributed by atoms with Gasteiger partial charge in [-0.1, -0.05) is 13.8 Å². The third-order valence-electron chi connectivity index (χ3n) is 5.78. The molecular formula is C29H33F3N6O2S. The van der Waals surface area contributed by atoms with Crippen LogP contribution >= 0.6 is 11.9 Å². The summed E-state index contributed by atoms with van der Waals surface area (Å²) in [4.78, 5) is 24.9. The maximum absolute atomic E-state index is 12.3. The van der Waals surface area contributed by atoms with Crippen molar-refractivity contribution in [2.24, 2.45) is 0 Å². The van der Waals surface area contributed by atoms with Crippen LogP contribution in [0, 0.1) is 12.8 Å². The summed E-state index contributed by atoms with van der Waals surface area (Å²) in [6.07, 6.45) is 13.8. The van der Waals surface area contributed by atoms with E-state index in [2.05, 4.69) is 62.3 Å². The molecule has 0 aliphatic carbocycles. The topological polar surface area (TPSA) is 97.0 Å². The molecule has 1 fully saturated rings. The van der Waals surface area contributed by atoms with Crippen LogP contribution in [-0.2, 0) is 17.5 Å². The number of nitrogens with zero attached hydrogens (tertiary/aromatic N) is 5. The summed E-state index contributed by atoms with van der Waals surface area (Å²) in [6, 6.07) is 8.57. The molecule has 0 bridgehead atoms. The van der Waals surface area contributed by atoms with Crippen LogP contribution in [-0.4, -0.2) is 42.7 Å². The fourth-order valence-electron chi connectivity index (χ4n) is 3.87. The van der Waals surface area contributed by atoms with E-state index < -0.39 is 12.0 Å². The molecule has 2 atom stereocenters. The van der Waals surface area contributed by atoms with E-state index in [1.165, 1.54) is 19.0 Å². The minimum absolute atomic E-state index is 0.306. The summed E-state index contributed by atoms with van der Waals surface area (Å²) >= 11 is 1.73. The molecule has 1 aliphatic heterocycles. The molecule has 4 aromatic heterocycles. The molecule has 0 saturated carbocycles. The van der Waals surface area contributed by atoms with Crippen molar-refractivity contribution in [3.8, 4) is 24.1 Å². The number of fused-ring (bicyclic) bond motifs is 1. The normalized spacial score (nSPS) is 16.3. The minimum atomic E-state index is -4.57. The molecule has 12 heteroatoms. The fourth-order valence-corrected chi connectivity index (χ4v) is 4.95. The van der Waals surface area contributed by atoms with Gasteiger partial charge in [-0.2, -0.15) is 13.2 Å². The highest BCUT2D eigenvalue weighted by molar-refractivity contribution is 7.97. The van der Waals surface area contributed by atoms with Gasteiger partial charge in [-0.25, -0.2) is 14.3 Å². The van der Waals surface area contributed by atoms with Crippen molar-refractivity contribution in [2.75, 3.05) is 0 Å². The fraction of sp³-hybridized carbons (Fsp3) is 0.345. The van der Waals surface area contributed by atoms with Crippen LogP contribution in [0.25, 0.3) is 22.2 Å². The van der Waals surface area contributed by atoms with Gasteiger partial charge in [0.05, 0.1) is 5.69 Å². The third kappa shape index (κ3) is 9.58. The second-order valence-corrected chi connectivity index (χ2v) is 9.55. The first-order valence-electron chi connectivity index (χ1n) is 12.9. The molecular weight excluding hydrogens is 553 g/mol. The molecule has 1 amide bonds. The summed E-state index contributed by atoms with van der Waals surface area (Å²) < 4.78 is 45.3. The first-order valence-corrected chi connectivity index (χ1v) is 13.7. The van der Waals surface area contributed by atoms with Crippen molar-refractivity contribution >= 4 is 29.3 Å². The highest BCUT2D eigenvalue weighted by atomic mass is 32.2. The smallest absolute Gasteiger partial charge is 0.448 e. The van der Waals surface area contributed by atoms with Gasteiger partial charge in [0.15, 0.2) is 5.09 Å². The van der Waals surface area contributed by atoms with Gasteiger partial charge in [-0.05, 0) is 62.4 Å². The van der Waals surface area contributed by atoms with Gasteiger partial charge in [0.2, 0.25) is 12.2 Å². The molecule has 0 unspecified atom stereocenters. The molecule has 1 aliphatic rings. The standard InChI is InChI=1S/C13H16N2OS.C12H9F3N4O.C2H6.C2H2/c1-9-3-4-10(2)15(9)17-13-7-11-8-14-6-5-12(11)16-13;13-12(14,15)11-18-5-9(6-19-11)10-3-8(1-2-17-10)4-16-7-20;2*1-2/h5-10H,3-4H2,1-2H3;1-3,5-7H,4H2,(H,16,20);1-2H3;1-2H/t9-,10+;;;. The lowest BCUT2D eigenvalue weighted by Gasteiger charge is -2.22. The predicted molar refractivity (Wildman–Crippen MR) is 154 cm³/mol. The van der Waals surface area contributed by atoms with Crippen LogP contribution in [0.4, 0.5) is 13.2 Å². The van der Waals surface area contributed by atoms with Gasteiger partial charge in [0.25, 0.3) is 0 Å². The average molecular weight is 587 g/mol. The van der Waals surface area contributed by atoms with Gasteiger partial charge in [-0.3, -0.25) is 14.8 Å². The van der Waals surface area contributed by atoms with E-state index in [1.807, 2.05) is 26.1 Å². The molecule has 0 spiro atoms. The molecule has 5 heterocycles. The summed E-state index contributed by atoms with van der Waals surface area (Å²) in [5.41, 5.74) is 2.49. The SMILES string of the molecule is C#C.CC.C[C@@H]1CC[C@H](C)N1Sc1cc2cnccc2o1.O=CNCc1ccnc(-c2cnc(C(F)(F)F)nc2)c1. The first kappa shape index (κ1) is 33.3. The molecule has 8 nitrogen and oxygen atoms in total. The Morgan fingerprint density at radius 1 is 1.05 bits per heavy atom. The van der Waals surface area contributed by atoms with E-state index in [1.54, 1.807) is 30.3 Å². The van der Waals surface area contributed by atoms with E-state index in [4.69, 9.17) is 4.42 Å². The summed E-state index contributed by atoms with van der Waals surface area (Å²) in [5, 5.41) is 4.53. The molecule has 218 valence electrons. The predicted octanol–water partition coefficient (Wildman–Crippen LogP) is 6.79. The van der Waals surface area contributed by atoms with Crippen molar-refractivity contribution in [2.45, 2.75) is 70.4 Å². The molecule has 1 N–H and O–H groups in total. The maximum atomic E-state index is 12.3. The van der Waals surface area contributed by atoms with E-state index in [-0.39, 0.29) is 0 Å². The molecule has 4 aromatic rings. The maximum Gasteiger partial charge on any atom is 0.451 e. The second kappa shape index (κ2) is 16.3. The van der Waals surface area contributed by atoms with Gasteiger partial charge in [0.1, 0.15) is 5.58 Å². The van der Waals surface area contributed by atoms with Crippen LogP contribution in [0.1, 0.15) is 51.9 Å². The number of nitrogens with one attached hydrogen (secondary N) is 1. The minimum Gasteiger partial charge on any atom is -0.448 e. The average Bonchev–Trinajstić information content (AvgIpc) is 3.56. The Bertz CT molecular complexity index is 1340. The van der Waals surface area contributed by atoms with Crippen LogP contribution in [0.15, 0.2) is 64.8 Å². The van der Waals surface area contributed by atoms with Gasteiger partial charge >= 0.3 is 6.18 Å². The Labute approximate surface area is 242 Å². The van der Waals surface area contributed by atoms with Gasteiger partial charge in [-0.15, -0.1) is 12.8 Å².